The molecule has 0 saturated heterocycles. The van der Waals surface area contributed by atoms with Gasteiger partial charge in [-0.15, -0.1) is 5.10 Å². The van der Waals surface area contributed by atoms with Gasteiger partial charge in [0.05, 0.1) is 35.9 Å². The number of hydrogen-bond acceptors (Lipinski definition) is 4. The Balaban J connectivity index is 1.51. The van der Waals surface area contributed by atoms with Crippen LogP contribution in [0.15, 0.2) is 48.9 Å². The van der Waals surface area contributed by atoms with E-state index < -0.39 is 23.9 Å². The van der Waals surface area contributed by atoms with Crippen LogP contribution in [0, 0.1) is 11.6 Å². The summed E-state index contributed by atoms with van der Waals surface area (Å²) in [4.78, 5) is 10.4. The molecule has 4 rings (SSSR count). The summed E-state index contributed by atoms with van der Waals surface area (Å²) >= 11 is 0. The number of rotatable bonds is 5. The van der Waals surface area contributed by atoms with E-state index in [1.54, 1.807) is 12.1 Å². The monoisotopic (exact) mass is 388 g/mol. The molecule has 10 heteroatoms. The summed E-state index contributed by atoms with van der Waals surface area (Å²) < 4.78 is 54.3. The lowest BCUT2D eigenvalue weighted by Crippen LogP contribution is -2.02. The van der Waals surface area contributed by atoms with Crippen LogP contribution in [0.5, 0.6) is 0 Å². The van der Waals surface area contributed by atoms with Crippen molar-refractivity contribution < 1.29 is 17.6 Å². The molecule has 0 aliphatic heterocycles. The van der Waals surface area contributed by atoms with Gasteiger partial charge in [0.15, 0.2) is 5.82 Å². The maximum atomic E-state index is 13.8. The van der Waals surface area contributed by atoms with Gasteiger partial charge in [0.25, 0.3) is 6.43 Å². The van der Waals surface area contributed by atoms with Crippen molar-refractivity contribution in [2.24, 2.45) is 0 Å². The zero-order valence-electron chi connectivity index (χ0n) is 14.2. The van der Waals surface area contributed by atoms with E-state index >= 15 is 0 Å². The van der Waals surface area contributed by atoms with E-state index in [0.29, 0.717) is 17.0 Å². The molecule has 6 nitrogen and oxygen atoms in total. The SMILES string of the molecule is Fc1cccc(F)c1-c1cn(Cc2ccc(-c3cnc(C(F)F)[nH]3)cn2)nn1. The molecule has 0 aliphatic rings. The zero-order valence-corrected chi connectivity index (χ0v) is 14.2. The van der Waals surface area contributed by atoms with Crippen molar-refractivity contribution in [1.82, 2.24) is 29.9 Å². The number of alkyl halides is 2. The summed E-state index contributed by atoms with van der Waals surface area (Å²) in [6.45, 7) is 0.217. The standard InChI is InChI=1S/C18H12F4N6/c19-12-2-1-3-13(20)16(12)15-9-28(27-26-15)8-11-5-4-10(6-23-11)14-7-24-18(25-14)17(21)22/h1-7,9,17H,8H2,(H,24,25). The Morgan fingerprint density at radius 2 is 1.79 bits per heavy atom. The van der Waals surface area contributed by atoms with Gasteiger partial charge in [0.2, 0.25) is 0 Å². The Hall–Kier alpha value is -3.56. The van der Waals surface area contributed by atoms with E-state index in [2.05, 4.69) is 25.3 Å². The van der Waals surface area contributed by atoms with E-state index in [1.165, 1.54) is 29.3 Å². The average molecular weight is 388 g/mol. The second-order valence-electron chi connectivity index (χ2n) is 5.92. The number of nitrogens with zero attached hydrogens (tertiary/aromatic N) is 5. The van der Waals surface area contributed by atoms with Crippen LogP contribution in [-0.2, 0) is 6.54 Å². The van der Waals surface area contributed by atoms with Gasteiger partial charge in [-0.3, -0.25) is 4.98 Å². The maximum absolute atomic E-state index is 13.8. The summed E-state index contributed by atoms with van der Waals surface area (Å²) in [5.74, 6) is -1.86. The van der Waals surface area contributed by atoms with Gasteiger partial charge >= 0.3 is 0 Å². The summed E-state index contributed by atoms with van der Waals surface area (Å²) in [5, 5.41) is 7.68. The Bertz CT molecular complexity index is 1080. The number of aromatic amines is 1. The van der Waals surface area contributed by atoms with E-state index in [-0.39, 0.29) is 17.8 Å². The minimum atomic E-state index is -2.68. The van der Waals surface area contributed by atoms with Crippen molar-refractivity contribution in [3.05, 3.63) is 72.1 Å². The lowest BCUT2D eigenvalue weighted by Gasteiger charge is -2.02. The Labute approximate surface area is 155 Å². The smallest absolute Gasteiger partial charge is 0.295 e. The number of hydrogen-bond donors (Lipinski definition) is 1. The molecule has 3 heterocycles. The minimum Gasteiger partial charge on any atom is -0.337 e. The Kier molecular flexibility index (Phi) is 4.60. The van der Waals surface area contributed by atoms with Gasteiger partial charge in [-0.25, -0.2) is 27.2 Å². The first-order valence-electron chi connectivity index (χ1n) is 8.14. The van der Waals surface area contributed by atoms with Gasteiger partial charge in [-0.2, -0.15) is 0 Å². The maximum Gasteiger partial charge on any atom is 0.295 e. The predicted octanol–water partition coefficient (Wildman–Crippen LogP) is 3.99. The van der Waals surface area contributed by atoms with Gasteiger partial charge in [0, 0.05) is 11.8 Å². The third kappa shape index (κ3) is 3.48. The number of nitrogens with one attached hydrogen (secondary N) is 1. The average Bonchev–Trinajstić information content (AvgIpc) is 3.32. The van der Waals surface area contributed by atoms with Crippen LogP contribution in [0.3, 0.4) is 0 Å². The van der Waals surface area contributed by atoms with E-state index in [9.17, 15) is 17.6 Å². The van der Waals surface area contributed by atoms with Crippen LogP contribution in [0.25, 0.3) is 22.5 Å². The number of H-pyrrole nitrogens is 1. The fraction of sp³-hybridized carbons (Fsp3) is 0.111. The molecule has 0 saturated carbocycles. The lowest BCUT2D eigenvalue weighted by atomic mass is 10.1. The second-order valence-corrected chi connectivity index (χ2v) is 5.92. The number of halogens is 4. The largest absolute Gasteiger partial charge is 0.337 e. The molecule has 1 N–H and O–H groups in total. The van der Waals surface area contributed by atoms with Crippen LogP contribution in [0.4, 0.5) is 17.6 Å². The van der Waals surface area contributed by atoms with Gasteiger partial charge < -0.3 is 4.98 Å². The molecule has 1 aromatic carbocycles. The topological polar surface area (TPSA) is 72.3 Å². The number of imidazole rings is 1. The first-order valence-corrected chi connectivity index (χ1v) is 8.14. The third-order valence-corrected chi connectivity index (χ3v) is 4.02. The number of benzene rings is 1. The molecule has 28 heavy (non-hydrogen) atoms. The molecule has 0 atom stereocenters. The van der Waals surface area contributed by atoms with Crippen molar-refractivity contribution in [2.75, 3.05) is 0 Å². The third-order valence-electron chi connectivity index (χ3n) is 4.02. The first-order chi connectivity index (χ1) is 13.5. The van der Waals surface area contributed by atoms with Crippen LogP contribution >= 0.6 is 0 Å². The molecule has 0 unspecified atom stereocenters. The van der Waals surface area contributed by atoms with E-state index in [1.807, 2.05) is 0 Å². The molecule has 4 aromatic rings. The molecule has 142 valence electrons. The predicted molar refractivity (Wildman–Crippen MR) is 91.3 cm³/mol. The molecule has 0 fully saturated rings. The van der Waals surface area contributed by atoms with Crippen LogP contribution in [0.1, 0.15) is 17.9 Å². The van der Waals surface area contributed by atoms with Crippen molar-refractivity contribution in [3.8, 4) is 22.5 Å². The quantitative estimate of drug-likeness (QED) is 0.525. The fourth-order valence-electron chi connectivity index (χ4n) is 2.67. The molecule has 0 radical (unpaired) electrons. The first kappa shape index (κ1) is 17.8. The van der Waals surface area contributed by atoms with Crippen molar-refractivity contribution in [2.45, 2.75) is 13.0 Å². The van der Waals surface area contributed by atoms with Crippen molar-refractivity contribution >= 4 is 0 Å². The van der Waals surface area contributed by atoms with Gasteiger partial charge in [0.1, 0.15) is 17.3 Å². The normalized spacial score (nSPS) is 11.3. The summed E-state index contributed by atoms with van der Waals surface area (Å²) in [5.41, 5.74) is 1.45. The van der Waals surface area contributed by atoms with Gasteiger partial charge in [-0.05, 0) is 24.3 Å². The Morgan fingerprint density at radius 3 is 2.43 bits per heavy atom. The summed E-state index contributed by atoms with van der Waals surface area (Å²) in [6, 6.07) is 6.94. The highest BCUT2D eigenvalue weighted by atomic mass is 19.3. The molecule has 0 spiro atoms. The highest BCUT2D eigenvalue weighted by molar-refractivity contribution is 5.59. The molecule has 0 aliphatic carbocycles. The van der Waals surface area contributed by atoms with Crippen molar-refractivity contribution in [3.63, 3.8) is 0 Å². The Morgan fingerprint density at radius 1 is 1.00 bits per heavy atom. The lowest BCUT2D eigenvalue weighted by molar-refractivity contribution is 0.141. The van der Waals surface area contributed by atoms with Crippen LogP contribution in [0.2, 0.25) is 0 Å². The molecular weight excluding hydrogens is 376 g/mol. The highest BCUT2D eigenvalue weighted by Crippen LogP contribution is 2.24. The van der Waals surface area contributed by atoms with Crippen LogP contribution in [-0.4, -0.2) is 29.9 Å². The second kappa shape index (κ2) is 7.22. The fourth-order valence-corrected chi connectivity index (χ4v) is 2.67. The summed E-state index contributed by atoms with van der Waals surface area (Å²) in [6.07, 6.45) is 1.56. The molecule has 0 bridgehead atoms. The van der Waals surface area contributed by atoms with Crippen LogP contribution < -0.4 is 0 Å². The zero-order chi connectivity index (χ0) is 19.7. The highest BCUT2D eigenvalue weighted by Gasteiger charge is 2.15. The molecule has 0 amide bonds. The molecular formula is C18H12F4N6. The number of pyridine rings is 1. The molecule has 3 aromatic heterocycles. The van der Waals surface area contributed by atoms with E-state index in [0.717, 1.165) is 12.1 Å². The van der Waals surface area contributed by atoms with Gasteiger partial charge in [-0.1, -0.05) is 11.3 Å². The van der Waals surface area contributed by atoms with Crippen molar-refractivity contribution in [1.29, 1.82) is 0 Å². The number of aromatic nitrogens is 6. The minimum absolute atomic E-state index is 0.0733. The summed E-state index contributed by atoms with van der Waals surface area (Å²) in [7, 11) is 0. The van der Waals surface area contributed by atoms with E-state index in [4.69, 9.17) is 0 Å².